The molecule has 1 aromatic rings. The Labute approximate surface area is 108 Å². The van der Waals surface area contributed by atoms with Gasteiger partial charge < -0.3 is 14.2 Å². The zero-order valence-corrected chi connectivity index (χ0v) is 10.4. The van der Waals surface area contributed by atoms with Crippen molar-refractivity contribution < 1.29 is 27.8 Å². The highest BCUT2D eigenvalue weighted by Crippen LogP contribution is 2.39. The summed E-state index contributed by atoms with van der Waals surface area (Å²) in [6, 6.07) is 4.36. The lowest BCUT2D eigenvalue weighted by Crippen LogP contribution is -2.34. The third-order valence-corrected chi connectivity index (χ3v) is 2.56. The molecule has 0 saturated carbocycles. The van der Waals surface area contributed by atoms with Gasteiger partial charge in [0.15, 0.2) is 0 Å². The van der Waals surface area contributed by atoms with E-state index in [1.165, 1.54) is 32.2 Å². The van der Waals surface area contributed by atoms with Crippen molar-refractivity contribution in [3.8, 4) is 11.5 Å². The molecule has 0 bridgehead atoms. The van der Waals surface area contributed by atoms with Crippen LogP contribution in [-0.2, 0) is 9.53 Å². The molecule has 1 heterocycles. The van der Waals surface area contributed by atoms with Crippen molar-refractivity contribution in [2.75, 3.05) is 13.7 Å². The molecule has 0 saturated heterocycles. The van der Waals surface area contributed by atoms with Crippen LogP contribution in [0.25, 0.3) is 6.08 Å². The molecule has 0 fully saturated rings. The lowest BCUT2D eigenvalue weighted by molar-refractivity contribution is -0.165. The Morgan fingerprint density at radius 3 is 2.79 bits per heavy atom. The summed E-state index contributed by atoms with van der Waals surface area (Å²) in [4.78, 5) is 11.5. The molecule has 0 N–H and O–H groups in total. The van der Waals surface area contributed by atoms with Gasteiger partial charge in [0, 0.05) is 5.56 Å². The van der Waals surface area contributed by atoms with Crippen LogP contribution in [0, 0.1) is 0 Å². The van der Waals surface area contributed by atoms with Crippen LogP contribution in [0.4, 0.5) is 8.78 Å². The molecule has 0 aromatic heterocycles. The highest BCUT2D eigenvalue weighted by Gasteiger charge is 2.45. The third-order valence-electron chi connectivity index (χ3n) is 2.56. The van der Waals surface area contributed by atoms with E-state index in [1.807, 2.05) is 0 Å². The van der Waals surface area contributed by atoms with Gasteiger partial charge in [-0.25, -0.2) is 4.79 Å². The Hall–Kier alpha value is -2.11. The fourth-order valence-corrected chi connectivity index (χ4v) is 1.68. The first kappa shape index (κ1) is 13.3. The fraction of sp³-hybridized carbons (Fsp3) is 0.308. The normalized spacial score (nSPS) is 15.9. The van der Waals surface area contributed by atoms with Gasteiger partial charge in [0.1, 0.15) is 17.1 Å². The molecule has 0 radical (unpaired) electrons. The van der Waals surface area contributed by atoms with Gasteiger partial charge in [0.05, 0.1) is 13.7 Å². The van der Waals surface area contributed by atoms with Crippen LogP contribution in [0.2, 0.25) is 0 Å². The van der Waals surface area contributed by atoms with Crippen LogP contribution in [-0.4, -0.2) is 25.8 Å². The topological polar surface area (TPSA) is 44.8 Å². The number of benzene rings is 1. The minimum absolute atomic E-state index is 0.0111. The summed E-state index contributed by atoms with van der Waals surface area (Å²) in [6.45, 7) is 1.55. The molecule has 6 heteroatoms. The smallest absolute Gasteiger partial charge is 0.433 e. The van der Waals surface area contributed by atoms with Crippen molar-refractivity contribution in [1.29, 1.82) is 0 Å². The van der Waals surface area contributed by atoms with E-state index in [9.17, 15) is 13.6 Å². The monoisotopic (exact) mass is 270 g/mol. The molecule has 1 aliphatic heterocycles. The first-order chi connectivity index (χ1) is 8.97. The number of rotatable bonds is 3. The van der Waals surface area contributed by atoms with Crippen LogP contribution >= 0.6 is 0 Å². The molecule has 0 atom stereocenters. The predicted molar refractivity (Wildman–Crippen MR) is 63.2 cm³/mol. The van der Waals surface area contributed by atoms with E-state index in [4.69, 9.17) is 4.74 Å². The summed E-state index contributed by atoms with van der Waals surface area (Å²) >= 11 is 0. The van der Waals surface area contributed by atoms with Gasteiger partial charge in [-0.3, -0.25) is 0 Å². The maximum Gasteiger partial charge on any atom is 0.433 e. The summed E-state index contributed by atoms with van der Waals surface area (Å²) in [5.41, 5.74) is -0.483. The van der Waals surface area contributed by atoms with E-state index in [0.29, 0.717) is 11.3 Å². The molecular weight excluding hydrogens is 258 g/mol. The second-order valence-corrected chi connectivity index (χ2v) is 3.80. The fourth-order valence-electron chi connectivity index (χ4n) is 1.68. The number of carbonyl (C=O) groups excluding carboxylic acids is 1. The minimum Gasteiger partial charge on any atom is -0.497 e. The van der Waals surface area contributed by atoms with E-state index in [0.717, 1.165) is 6.08 Å². The molecule has 4 nitrogen and oxygen atoms in total. The minimum atomic E-state index is -3.70. The molecule has 0 spiro atoms. The summed E-state index contributed by atoms with van der Waals surface area (Å²) < 4.78 is 41.5. The highest BCUT2D eigenvalue weighted by atomic mass is 19.3. The molecule has 1 aliphatic rings. The Balaban J connectivity index is 2.45. The third kappa shape index (κ3) is 2.52. The van der Waals surface area contributed by atoms with Gasteiger partial charge in [0.25, 0.3) is 0 Å². The maximum absolute atomic E-state index is 13.7. The number of carbonyl (C=O) groups is 1. The number of ether oxygens (including phenoxy) is 3. The van der Waals surface area contributed by atoms with Gasteiger partial charge in [-0.15, -0.1) is 0 Å². The molecule has 0 unspecified atom stereocenters. The Morgan fingerprint density at radius 2 is 2.16 bits per heavy atom. The second-order valence-electron chi connectivity index (χ2n) is 3.80. The average Bonchev–Trinajstić information content (AvgIpc) is 2.36. The number of fused-ring (bicyclic) bond motifs is 1. The van der Waals surface area contributed by atoms with Crippen molar-refractivity contribution >= 4 is 12.0 Å². The van der Waals surface area contributed by atoms with Crippen molar-refractivity contribution in [3.63, 3.8) is 0 Å². The zero-order valence-electron chi connectivity index (χ0n) is 10.4. The van der Waals surface area contributed by atoms with E-state index in [-0.39, 0.29) is 12.4 Å². The number of halogens is 2. The molecule has 1 aromatic carbocycles. The second kappa shape index (κ2) is 4.87. The van der Waals surface area contributed by atoms with Crippen LogP contribution in [0.1, 0.15) is 12.5 Å². The van der Waals surface area contributed by atoms with Gasteiger partial charge in [0.2, 0.25) is 0 Å². The lowest BCUT2D eigenvalue weighted by atomic mass is 10.1. The summed E-state index contributed by atoms with van der Waals surface area (Å²) in [5, 5.41) is 0. The van der Waals surface area contributed by atoms with E-state index in [1.54, 1.807) is 0 Å². The van der Waals surface area contributed by atoms with Gasteiger partial charge in [-0.1, -0.05) is 0 Å². The lowest BCUT2D eigenvalue weighted by Gasteiger charge is -2.25. The molecule has 0 amide bonds. The van der Waals surface area contributed by atoms with Gasteiger partial charge in [-0.2, -0.15) is 8.78 Å². The molecule has 102 valence electrons. The van der Waals surface area contributed by atoms with Crippen molar-refractivity contribution in [1.82, 2.24) is 0 Å². The summed E-state index contributed by atoms with van der Waals surface area (Å²) in [7, 11) is 1.45. The number of hydrogen-bond donors (Lipinski definition) is 0. The molecule has 19 heavy (non-hydrogen) atoms. The Morgan fingerprint density at radius 1 is 1.42 bits per heavy atom. The number of alkyl halides is 2. The summed E-state index contributed by atoms with van der Waals surface area (Å²) in [6.07, 6.45) is -2.65. The first-order valence-electron chi connectivity index (χ1n) is 5.62. The summed E-state index contributed by atoms with van der Waals surface area (Å²) in [5.74, 6) is -0.633. The van der Waals surface area contributed by atoms with Crippen molar-refractivity contribution in [3.05, 3.63) is 29.3 Å². The number of methoxy groups -OCH3 is 1. The van der Waals surface area contributed by atoms with Crippen molar-refractivity contribution in [2.24, 2.45) is 0 Å². The van der Waals surface area contributed by atoms with Crippen LogP contribution in [0.3, 0.4) is 0 Å². The maximum atomic E-state index is 13.7. The van der Waals surface area contributed by atoms with E-state index in [2.05, 4.69) is 9.47 Å². The van der Waals surface area contributed by atoms with Crippen LogP contribution in [0.15, 0.2) is 23.8 Å². The van der Waals surface area contributed by atoms with Gasteiger partial charge >= 0.3 is 12.1 Å². The van der Waals surface area contributed by atoms with Crippen LogP contribution < -0.4 is 9.47 Å². The van der Waals surface area contributed by atoms with E-state index < -0.39 is 17.7 Å². The number of hydrogen-bond acceptors (Lipinski definition) is 4. The molecular formula is C13H12F2O4. The zero-order chi connectivity index (χ0) is 14.0. The van der Waals surface area contributed by atoms with Gasteiger partial charge in [-0.05, 0) is 31.2 Å². The Bertz CT molecular complexity index is 537. The van der Waals surface area contributed by atoms with Crippen molar-refractivity contribution in [2.45, 2.75) is 13.0 Å². The highest BCUT2D eigenvalue weighted by molar-refractivity contribution is 5.96. The number of esters is 1. The predicted octanol–water partition coefficient (Wildman–Crippen LogP) is 2.63. The Kier molecular flexibility index (Phi) is 3.42. The molecule has 2 rings (SSSR count). The standard InChI is InChI=1S/C13H12F2O4/c1-3-18-12(16)10-7-8-6-9(17-2)4-5-11(8)19-13(10,14)15/h4-7H,3H2,1-2H3. The largest absolute Gasteiger partial charge is 0.497 e. The van der Waals surface area contributed by atoms with E-state index >= 15 is 0 Å². The average molecular weight is 270 g/mol. The first-order valence-corrected chi connectivity index (χ1v) is 5.62. The molecule has 0 aliphatic carbocycles. The SMILES string of the molecule is CCOC(=O)C1=Cc2cc(OC)ccc2OC1(F)F. The quantitative estimate of drug-likeness (QED) is 0.792. The van der Waals surface area contributed by atoms with Crippen LogP contribution in [0.5, 0.6) is 11.5 Å².